The van der Waals surface area contributed by atoms with E-state index in [1.807, 2.05) is 18.2 Å². The molecule has 0 aliphatic rings. The summed E-state index contributed by atoms with van der Waals surface area (Å²) >= 11 is 0. The fraction of sp³-hybridized carbons (Fsp3) is 0.118. The van der Waals surface area contributed by atoms with Gasteiger partial charge < -0.3 is 4.74 Å². The Kier molecular flexibility index (Phi) is 5.03. The number of nitrogens with zero attached hydrogens (tertiary/aromatic N) is 1. The summed E-state index contributed by atoms with van der Waals surface area (Å²) in [6, 6.07) is 13.3. The van der Waals surface area contributed by atoms with Crippen LogP contribution in [0.5, 0.6) is 0 Å². The largest absolute Gasteiger partial charge is 0.462 e. The van der Waals surface area contributed by atoms with Crippen LogP contribution in [-0.2, 0) is 4.74 Å². The molecule has 22 heavy (non-hydrogen) atoms. The molecule has 0 saturated heterocycles. The van der Waals surface area contributed by atoms with E-state index in [0.717, 1.165) is 11.1 Å². The molecule has 0 unspecified atom stereocenters. The summed E-state index contributed by atoms with van der Waals surface area (Å²) < 4.78 is 4.95. The lowest BCUT2D eigenvalue weighted by atomic mass is 10.1. The molecule has 0 saturated carbocycles. The maximum absolute atomic E-state index is 11.7. The van der Waals surface area contributed by atoms with Crippen LogP contribution in [0.2, 0.25) is 0 Å². The first-order chi connectivity index (χ1) is 10.6. The number of non-ortho nitro benzene ring substituents is 1. The summed E-state index contributed by atoms with van der Waals surface area (Å²) in [5, 5.41) is 10.6. The molecule has 0 aliphatic heterocycles. The first kappa shape index (κ1) is 15.4. The van der Waals surface area contributed by atoms with Crippen molar-refractivity contribution >= 4 is 23.8 Å². The lowest BCUT2D eigenvalue weighted by Gasteiger charge is -2.02. The van der Waals surface area contributed by atoms with Crippen LogP contribution in [0.25, 0.3) is 12.2 Å². The molecule has 0 amide bonds. The van der Waals surface area contributed by atoms with E-state index in [0.29, 0.717) is 12.2 Å². The van der Waals surface area contributed by atoms with Gasteiger partial charge in [0.1, 0.15) is 0 Å². The Bertz CT molecular complexity index is 705. The van der Waals surface area contributed by atoms with Gasteiger partial charge in [0.25, 0.3) is 5.69 Å². The number of ether oxygens (including phenoxy) is 1. The van der Waals surface area contributed by atoms with Crippen molar-refractivity contribution in [2.24, 2.45) is 0 Å². The topological polar surface area (TPSA) is 69.4 Å². The average molecular weight is 297 g/mol. The smallest absolute Gasteiger partial charge is 0.338 e. The number of esters is 1. The van der Waals surface area contributed by atoms with Crippen molar-refractivity contribution in [3.8, 4) is 0 Å². The maximum Gasteiger partial charge on any atom is 0.338 e. The molecule has 0 spiro atoms. The highest BCUT2D eigenvalue weighted by molar-refractivity contribution is 5.90. The van der Waals surface area contributed by atoms with Gasteiger partial charge in [0.15, 0.2) is 0 Å². The molecule has 0 aromatic heterocycles. The molecule has 0 radical (unpaired) electrons. The molecule has 2 aromatic carbocycles. The summed E-state index contributed by atoms with van der Waals surface area (Å²) in [6.07, 6.45) is 3.66. The van der Waals surface area contributed by atoms with Crippen molar-refractivity contribution < 1.29 is 14.5 Å². The van der Waals surface area contributed by atoms with Crippen LogP contribution < -0.4 is 0 Å². The van der Waals surface area contributed by atoms with Gasteiger partial charge in [-0.25, -0.2) is 4.79 Å². The van der Waals surface area contributed by atoms with Crippen LogP contribution in [0.3, 0.4) is 0 Å². The lowest BCUT2D eigenvalue weighted by Crippen LogP contribution is -2.04. The normalized spacial score (nSPS) is 10.6. The minimum Gasteiger partial charge on any atom is -0.462 e. The highest BCUT2D eigenvalue weighted by Gasteiger charge is 2.05. The number of hydrogen-bond acceptors (Lipinski definition) is 4. The highest BCUT2D eigenvalue weighted by atomic mass is 16.6. The summed E-state index contributed by atoms with van der Waals surface area (Å²) in [7, 11) is 0. The summed E-state index contributed by atoms with van der Waals surface area (Å²) in [6.45, 7) is 2.10. The zero-order valence-corrected chi connectivity index (χ0v) is 12.1. The van der Waals surface area contributed by atoms with Gasteiger partial charge in [-0.2, -0.15) is 0 Å². The summed E-state index contributed by atoms with van der Waals surface area (Å²) in [5.74, 6) is -0.354. The predicted octanol–water partition coefficient (Wildman–Crippen LogP) is 3.94. The number of benzene rings is 2. The van der Waals surface area contributed by atoms with Crippen molar-refractivity contribution in [2.75, 3.05) is 6.61 Å². The van der Waals surface area contributed by atoms with Gasteiger partial charge >= 0.3 is 5.97 Å². The molecule has 0 bridgehead atoms. The maximum atomic E-state index is 11.7. The number of rotatable bonds is 5. The van der Waals surface area contributed by atoms with Crippen LogP contribution >= 0.6 is 0 Å². The molecule has 112 valence electrons. The summed E-state index contributed by atoms with van der Waals surface area (Å²) in [4.78, 5) is 21.8. The van der Waals surface area contributed by atoms with Crippen LogP contribution in [-0.4, -0.2) is 17.5 Å². The zero-order valence-electron chi connectivity index (χ0n) is 12.1. The average Bonchev–Trinajstić information content (AvgIpc) is 2.54. The second kappa shape index (κ2) is 7.17. The van der Waals surface area contributed by atoms with Crippen LogP contribution in [0.15, 0.2) is 48.5 Å². The highest BCUT2D eigenvalue weighted by Crippen LogP contribution is 2.15. The first-order valence-corrected chi connectivity index (χ1v) is 6.80. The van der Waals surface area contributed by atoms with Crippen LogP contribution in [0.1, 0.15) is 28.4 Å². The van der Waals surface area contributed by atoms with E-state index in [1.165, 1.54) is 12.1 Å². The molecule has 0 fully saturated rings. The molecule has 5 nitrogen and oxygen atoms in total. The van der Waals surface area contributed by atoms with Crippen molar-refractivity contribution in [2.45, 2.75) is 6.92 Å². The quantitative estimate of drug-likeness (QED) is 0.363. The van der Waals surface area contributed by atoms with Crippen LogP contribution in [0.4, 0.5) is 5.69 Å². The third-order valence-electron chi connectivity index (χ3n) is 2.97. The van der Waals surface area contributed by atoms with Crippen molar-refractivity contribution in [1.82, 2.24) is 0 Å². The van der Waals surface area contributed by atoms with E-state index >= 15 is 0 Å². The Morgan fingerprint density at radius 1 is 1.14 bits per heavy atom. The molecule has 0 N–H and O–H groups in total. The first-order valence-electron chi connectivity index (χ1n) is 6.80. The molecule has 0 heterocycles. The van der Waals surface area contributed by atoms with E-state index < -0.39 is 4.92 Å². The van der Waals surface area contributed by atoms with Crippen molar-refractivity contribution in [3.63, 3.8) is 0 Å². The van der Waals surface area contributed by atoms with Crippen molar-refractivity contribution in [1.29, 1.82) is 0 Å². The molecule has 0 aliphatic carbocycles. The molecular weight excluding hydrogens is 282 g/mol. The second-order valence-corrected chi connectivity index (χ2v) is 4.53. The Balaban J connectivity index is 2.14. The number of nitro groups is 1. The van der Waals surface area contributed by atoms with Gasteiger partial charge in [0.05, 0.1) is 17.1 Å². The van der Waals surface area contributed by atoms with E-state index in [1.54, 1.807) is 37.3 Å². The minimum absolute atomic E-state index is 0.0569. The monoisotopic (exact) mass is 297 g/mol. The van der Waals surface area contributed by atoms with Crippen molar-refractivity contribution in [3.05, 3.63) is 75.3 Å². The Labute approximate surface area is 128 Å². The molecule has 2 rings (SSSR count). The fourth-order valence-corrected chi connectivity index (χ4v) is 1.88. The number of carbonyl (C=O) groups is 1. The van der Waals surface area contributed by atoms with Gasteiger partial charge in [-0.15, -0.1) is 0 Å². The minimum atomic E-state index is -0.434. The van der Waals surface area contributed by atoms with Gasteiger partial charge in [-0.3, -0.25) is 10.1 Å². The van der Waals surface area contributed by atoms with E-state index in [-0.39, 0.29) is 11.7 Å². The Morgan fingerprint density at radius 2 is 1.82 bits per heavy atom. The van der Waals surface area contributed by atoms with E-state index in [4.69, 9.17) is 4.74 Å². The molecular formula is C17H15NO4. The molecule has 2 aromatic rings. The number of carbonyl (C=O) groups excluding carboxylic acids is 1. The zero-order chi connectivity index (χ0) is 15.9. The lowest BCUT2D eigenvalue weighted by molar-refractivity contribution is -0.384. The third kappa shape index (κ3) is 4.02. The SMILES string of the molecule is CCOC(=O)c1cccc(C=Cc2ccc([N+](=O)[O-])cc2)c1. The number of nitro benzene ring substituents is 1. The fourth-order valence-electron chi connectivity index (χ4n) is 1.88. The Hall–Kier alpha value is -2.95. The number of hydrogen-bond donors (Lipinski definition) is 0. The molecule has 5 heteroatoms. The van der Waals surface area contributed by atoms with Gasteiger partial charge in [-0.1, -0.05) is 24.3 Å². The third-order valence-corrected chi connectivity index (χ3v) is 2.97. The Morgan fingerprint density at radius 3 is 2.45 bits per heavy atom. The predicted molar refractivity (Wildman–Crippen MR) is 84.4 cm³/mol. The van der Waals surface area contributed by atoms with Gasteiger partial charge in [0.2, 0.25) is 0 Å². The van der Waals surface area contributed by atoms with Gasteiger partial charge in [-0.05, 0) is 42.3 Å². The summed E-state index contributed by atoms with van der Waals surface area (Å²) in [5.41, 5.74) is 2.24. The van der Waals surface area contributed by atoms with Crippen LogP contribution in [0, 0.1) is 10.1 Å². The van der Waals surface area contributed by atoms with Gasteiger partial charge in [0, 0.05) is 12.1 Å². The molecule has 0 atom stereocenters. The standard InChI is InChI=1S/C17H15NO4/c1-2-22-17(19)15-5-3-4-14(12-15)7-6-13-8-10-16(11-9-13)18(20)21/h3-12H,2H2,1H3. The van der Waals surface area contributed by atoms with E-state index in [9.17, 15) is 14.9 Å². The second-order valence-electron chi connectivity index (χ2n) is 4.53. The van der Waals surface area contributed by atoms with E-state index in [2.05, 4.69) is 0 Å².